The maximum absolute atomic E-state index is 11.7. The summed E-state index contributed by atoms with van der Waals surface area (Å²) in [5.41, 5.74) is 1.14. The van der Waals surface area contributed by atoms with Gasteiger partial charge in [0.1, 0.15) is 0 Å². The molecular formula is C19H30ClN3OS. The molecular weight excluding hydrogens is 354 g/mol. The fourth-order valence-corrected chi connectivity index (χ4v) is 3.72. The molecule has 0 saturated carbocycles. The summed E-state index contributed by atoms with van der Waals surface area (Å²) in [4.78, 5) is 18.5. The summed E-state index contributed by atoms with van der Waals surface area (Å²) in [6.07, 6.45) is 0.987. The predicted molar refractivity (Wildman–Crippen MR) is 109 cm³/mol. The number of rotatable bonds is 6. The first-order chi connectivity index (χ1) is 11.8. The number of piperazine rings is 1. The Balaban J connectivity index is 1.70. The summed E-state index contributed by atoms with van der Waals surface area (Å²) in [5, 5.41) is 0.651. The molecule has 0 spiro atoms. The van der Waals surface area contributed by atoms with Crippen molar-refractivity contribution in [3.63, 3.8) is 0 Å². The first kappa shape index (κ1) is 20.6. The van der Waals surface area contributed by atoms with Gasteiger partial charge in [-0.2, -0.15) is 0 Å². The maximum atomic E-state index is 11.7. The molecule has 0 N–H and O–H groups in total. The number of hydrogen-bond donors (Lipinski definition) is 1. The van der Waals surface area contributed by atoms with Gasteiger partial charge in [-0.05, 0) is 51.4 Å². The summed E-state index contributed by atoms with van der Waals surface area (Å²) in [6, 6.07) is 8.11. The van der Waals surface area contributed by atoms with Gasteiger partial charge in [0.25, 0.3) is 5.24 Å². The molecule has 25 heavy (non-hydrogen) atoms. The van der Waals surface area contributed by atoms with Gasteiger partial charge in [-0.1, -0.05) is 36.4 Å². The molecule has 1 aromatic carbocycles. The van der Waals surface area contributed by atoms with E-state index in [4.69, 9.17) is 11.6 Å². The molecule has 1 aromatic rings. The van der Waals surface area contributed by atoms with Crippen LogP contribution in [0.2, 0.25) is 5.02 Å². The van der Waals surface area contributed by atoms with Gasteiger partial charge in [0.05, 0.1) is 0 Å². The van der Waals surface area contributed by atoms with Crippen LogP contribution in [0.1, 0.15) is 32.8 Å². The molecule has 1 amide bonds. The van der Waals surface area contributed by atoms with Gasteiger partial charge in [-0.15, -0.1) is 0 Å². The van der Waals surface area contributed by atoms with Crippen LogP contribution in [0.5, 0.6) is 0 Å². The number of carbonyl (C=O) groups is 1. The third kappa shape index (κ3) is 6.81. The number of benzene rings is 1. The average Bonchev–Trinajstić information content (AvgIpc) is 2.53. The molecule has 1 aliphatic rings. The highest BCUT2D eigenvalue weighted by Gasteiger charge is 2.24. The van der Waals surface area contributed by atoms with E-state index in [1.165, 1.54) is 5.56 Å². The first-order valence-electron chi connectivity index (χ1n) is 8.95. The molecule has 1 fully saturated rings. The number of halogens is 1. The van der Waals surface area contributed by atoms with Gasteiger partial charge in [0.15, 0.2) is 0 Å². The van der Waals surface area contributed by atoms with Gasteiger partial charge >= 0.3 is 0 Å². The van der Waals surface area contributed by atoms with E-state index in [1.54, 1.807) is 0 Å². The molecule has 0 bridgehead atoms. The monoisotopic (exact) mass is 383 g/mol. The van der Waals surface area contributed by atoms with Gasteiger partial charge < -0.3 is 9.80 Å². The van der Waals surface area contributed by atoms with Crippen LogP contribution in [-0.2, 0) is 6.54 Å². The zero-order chi connectivity index (χ0) is 18.4. The van der Waals surface area contributed by atoms with Crippen LogP contribution >= 0.6 is 24.2 Å². The lowest BCUT2D eigenvalue weighted by Crippen LogP contribution is -2.47. The Bertz CT molecular complexity index is 551. The van der Waals surface area contributed by atoms with E-state index in [2.05, 4.69) is 55.3 Å². The number of nitrogens with zero attached hydrogens (tertiary/aromatic N) is 3. The minimum atomic E-state index is -0.171. The van der Waals surface area contributed by atoms with Crippen molar-refractivity contribution >= 4 is 29.5 Å². The van der Waals surface area contributed by atoms with Crippen LogP contribution in [0.25, 0.3) is 0 Å². The standard InChI is InChI=1S/C19H30ClN3OS/c1-19(2,3)23(18(24)25)10-4-9-21-11-13-22(14-12-21)15-16-5-7-17(20)8-6-16/h5-8H,4,9-15H2,1-3H3,(H,24,25). The molecule has 140 valence electrons. The molecule has 4 nitrogen and oxygen atoms in total. The van der Waals surface area contributed by atoms with Crippen molar-refractivity contribution in [3.8, 4) is 0 Å². The normalized spacial score (nSPS) is 16.8. The molecule has 1 heterocycles. The van der Waals surface area contributed by atoms with Crippen molar-refractivity contribution in [2.45, 2.75) is 39.3 Å². The minimum absolute atomic E-state index is 0.139. The van der Waals surface area contributed by atoms with E-state index >= 15 is 0 Å². The smallest absolute Gasteiger partial charge is 0.278 e. The van der Waals surface area contributed by atoms with Crippen molar-refractivity contribution in [3.05, 3.63) is 34.9 Å². The molecule has 0 radical (unpaired) electrons. The zero-order valence-electron chi connectivity index (χ0n) is 15.5. The summed E-state index contributed by atoms with van der Waals surface area (Å²) < 4.78 is 0. The predicted octanol–water partition coefficient (Wildman–Crippen LogP) is 4.00. The topological polar surface area (TPSA) is 26.8 Å². The second-order valence-corrected chi connectivity index (χ2v) is 8.52. The van der Waals surface area contributed by atoms with E-state index < -0.39 is 0 Å². The van der Waals surface area contributed by atoms with Crippen molar-refractivity contribution in [1.29, 1.82) is 0 Å². The van der Waals surface area contributed by atoms with E-state index in [0.717, 1.165) is 57.3 Å². The van der Waals surface area contributed by atoms with Crippen LogP contribution in [-0.4, -0.2) is 64.7 Å². The largest absolute Gasteiger partial charge is 0.329 e. The van der Waals surface area contributed by atoms with Gasteiger partial charge in [-0.25, -0.2) is 0 Å². The zero-order valence-corrected chi connectivity index (χ0v) is 17.2. The molecule has 2 rings (SSSR count). The minimum Gasteiger partial charge on any atom is -0.329 e. The Morgan fingerprint density at radius 2 is 1.68 bits per heavy atom. The van der Waals surface area contributed by atoms with Crippen LogP contribution in [0.3, 0.4) is 0 Å². The third-order valence-corrected chi connectivity index (χ3v) is 5.17. The number of hydrogen-bond acceptors (Lipinski definition) is 3. The van der Waals surface area contributed by atoms with Crippen LogP contribution in [0, 0.1) is 0 Å². The van der Waals surface area contributed by atoms with E-state index in [-0.39, 0.29) is 10.8 Å². The SMILES string of the molecule is CC(C)(C)N(CCCN1CCN(Cc2ccc(Cl)cc2)CC1)C(=O)S. The second kappa shape index (κ2) is 9.26. The van der Waals surface area contributed by atoms with Gasteiger partial charge in [0, 0.05) is 49.8 Å². The molecule has 0 aliphatic carbocycles. The average molecular weight is 384 g/mol. The Hall–Kier alpha value is -0.750. The van der Waals surface area contributed by atoms with Gasteiger partial charge in [-0.3, -0.25) is 9.69 Å². The Morgan fingerprint density at radius 3 is 2.20 bits per heavy atom. The fourth-order valence-electron chi connectivity index (χ4n) is 3.19. The Morgan fingerprint density at radius 1 is 1.12 bits per heavy atom. The fraction of sp³-hybridized carbons (Fsp3) is 0.632. The highest BCUT2D eigenvalue weighted by molar-refractivity contribution is 7.96. The lowest BCUT2D eigenvalue weighted by Gasteiger charge is -2.37. The lowest BCUT2D eigenvalue weighted by atomic mass is 10.1. The highest BCUT2D eigenvalue weighted by Crippen LogP contribution is 2.17. The van der Waals surface area contributed by atoms with E-state index in [1.807, 2.05) is 17.0 Å². The van der Waals surface area contributed by atoms with Crippen molar-refractivity contribution < 1.29 is 4.79 Å². The number of carbonyl (C=O) groups excluding carboxylic acids is 1. The quantitative estimate of drug-likeness (QED) is 0.752. The van der Waals surface area contributed by atoms with Crippen molar-refractivity contribution in [2.24, 2.45) is 0 Å². The summed E-state index contributed by atoms with van der Waals surface area (Å²) in [6.45, 7) is 13.3. The number of thiol groups is 1. The molecule has 0 atom stereocenters. The number of amides is 1. The molecule has 0 aromatic heterocycles. The Kier molecular flexibility index (Phi) is 7.62. The van der Waals surface area contributed by atoms with Crippen LogP contribution < -0.4 is 0 Å². The second-order valence-electron chi connectivity index (χ2n) is 7.70. The molecule has 6 heteroatoms. The van der Waals surface area contributed by atoms with E-state index in [0.29, 0.717) is 0 Å². The molecule has 0 unspecified atom stereocenters. The van der Waals surface area contributed by atoms with Crippen LogP contribution in [0.15, 0.2) is 24.3 Å². The molecule has 1 saturated heterocycles. The summed E-state index contributed by atoms with van der Waals surface area (Å²) >= 11 is 9.95. The summed E-state index contributed by atoms with van der Waals surface area (Å²) in [5.74, 6) is 0. The van der Waals surface area contributed by atoms with Crippen LogP contribution in [0.4, 0.5) is 4.79 Å². The van der Waals surface area contributed by atoms with Crippen molar-refractivity contribution in [1.82, 2.24) is 14.7 Å². The lowest BCUT2D eigenvalue weighted by molar-refractivity contribution is 0.117. The third-order valence-electron chi connectivity index (χ3n) is 4.68. The highest BCUT2D eigenvalue weighted by atomic mass is 35.5. The van der Waals surface area contributed by atoms with Crippen molar-refractivity contribution in [2.75, 3.05) is 39.3 Å². The maximum Gasteiger partial charge on any atom is 0.278 e. The molecule has 1 aliphatic heterocycles. The summed E-state index contributed by atoms with van der Waals surface area (Å²) in [7, 11) is 0. The first-order valence-corrected chi connectivity index (χ1v) is 9.78. The van der Waals surface area contributed by atoms with Gasteiger partial charge in [0.2, 0.25) is 0 Å². The van der Waals surface area contributed by atoms with E-state index in [9.17, 15) is 4.79 Å². The Labute approximate surface area is 162 Å².